The highest BCUT2D eigenvalue weighted by molar-refractivity contribution is 5.90. The maximum absolute atomic E-state index is 13.1. The molecular weight excluding hydrogens is 382 g/mol. The lowest BCUT2D eigenvalue weighted by Gasteiger charge is -2.32. The van der Waals surface area contributed by atoms with Gasteiger partial charge in [-0.2, -0.15) is 0 Å². The summed E-state index contributed by atoms with van der Waals surface area (Å²) in [5, 5.41) is 5.46. The van der Waals surface area contributed by atoms with Gasteiger partial charge in [-0.3, -0.25) is 9.59 Å². The zero-order chi connectivity index (χ0) is 22.7. The molecule has 0 aliphatic rings. The fourth-order valence-corrected chi connectivity index (χ4v) is 3.03. The number of aryl methyl sites for hydroxylation is 1. The summed E-state index contributed by atoms with van der Waals surface area (Å²) in [6, 6.07) is 6.81. The number of rotatable bonds is 10. The Hall–Kier alpha value is -2.57. The van der Waals surface area contributed by atoms with E-state index >= 15 is 0 Å². The molecule has 0 aromatic heterocycles. The zero-order valence-electron chi connectivity index (χ0n) is 19.2. The third-order valence-electron chi connectivity index (χ3n) is 4.44. The molecule has 0 fully saturated rings. The van der Waals surface area contributed by atoms with Crippen molar-refractivity contribution >= 4 is 17.9 Å². The van der Waals surface area contributed by atoms with Crippen molar-refractivity contribution < 1.29 is 19.1 Å². The van der Waals surface area contributed by atoms with Crippen LogP contribution in [0.2, 0.25) is 0 Å². The predicted molar refractivity (Wildman–Crippen MR) is 118 cm³/mol. The minimum Gasteiger partial charge on any atom is -0.444 e. The van der Waals surface area contributed by atoms with E-state index in [0.29, 0.717) is 19.5 Å². The first-order valence-corrected chi connectivity index (χ1v) is 10.7. The minimum absolute atomic E-state index is 0.211. The average molecular weight is 420 g/mol. The molecule has 1 aromatic carbocycles. The molecule has 2 N–H and O–H groups in total. The van der Waals surface area contributed by atoms with E-state index < -0.39 is 17.7 Å². The Labute approximate surface area is 180 Å². The Morgan fingerprint density at radius 2 is 1.73 bits per heavy atom. The number of ether oxygens (including phenoxy) is 1. The van der Waals surface area contributed by atoms with Gasteiger partial charge in [0.2, 0.25) is 11.8 Å². The Morgan fingerprint density at radius 1 is 1.07 bits per heavy atom. The van der Waals surface area contributed by atoms with E-state index in [1.807, 2.05) is 38.1 Å². The lowest BCUT2D eigenvalue weighted by atomic mass is 9.98. The number of hydrogen-bond acceptors (Lipinski definition) is 4. The first kappa shape index (κ1) is 25.5. The van der Waals surface area contributed by atoms with Gasteiger partial charge in [0.25, 0.3) is 0 Å². The highest BCUT2D eigenvalue weighted by Gasteiger charge is 2.32. The molecule has 7 heteroatoms. The first-order chi connectivity index (χ1) is 14.1. The molecule has 0 saturated heterocycles. The van der Waals surface area contributed by atoms with Crippen LogP contribution in [-0.2, 0) is 14.3 Å². The molecule has 0 radical (unpaired) electrons. The summed E-state index contributed by atoms with van der Waals surface area (Å²) < 4.78 is 5.20. The van der Waals surface area contributed by atoms with Gasteiger partial charge in [-0.05, 0) is 51.7 Å². The van der Waals surface area contributed by atoms with E-state index in [-0.39, 0.29) is 18.4 Å². The standard InChI is InChI=1S/C23H37N3O4/c1-7-9-14-24-21(28)20(18-13-11-10-12-17(18)3)26(15-8-2)19(27)16-25-22(29)30-23(4,5)6/h10-13,20H,7-9,14-16H2,1-6H3,(H,24,28)(H,25,29). The molecule has 7 nitrogen and oxygen atoms in total. The van der Waals surface area contributed by atoms with Crippen molar-refractivity contribution in [3.8, 4) is 0 Å². The molecule has 1 atom stereocenters. The van der Waals surface area contributed by atoms with Crippen LogP contribution in [0, 0.1) is 6.92 Å². The molecule has 1 aromatic rings. The third kappa shape index (κ3) is 8.43. The third-order valence-corrected chi connectivity index (χ3v) is 4.44. The van der Waals surface area contributed by atoms with Gasteiger partial charge in [0.05, 0.1) is 0 Å². The van der Waals surface area contributed by atoms with Crippen molar-refractivity contribution in [1.29, 1.82) is 0 Å². The lowest BCUT2D eigenvalue weighted by Crippen LogP contribution is -2.48. The van der Waals surface area contributed by atoms with Crippen LogP contribution in [0.3, 0.4) is 0 Å². The minimum atomic E-state index is -0.754. The van der Waals surface area contributed by atoms with Crippen LogP contribution in [0.15, 0.2) is 24.3 Å². The van der Waals surface area contributed by atoms with Crippen molar-refractivity contribution in [2.75, 3.05) is 19.6 Å². The molecule has 1 rings (SSSR count). The van der Waals surface area contributed by atoms with E-state index in [0.717, 1.165) is 24.0 Å². The van der Waals surface area contributed by atoms with Gasteiger partial charge in [-0.1, -0.05) is 44.5 Å². The Morgan fingerprint density at radius 3 is 2.30 bits per heavy atom. The number of unbranched alkanes of at least 4 members (excludes halogenated alkanes) is 1. The summed E-state index contributed by atoms with van der Waals surface area (Å²) >= 11 is 0. The number of benzene rings is 1. The van der Waals surface area contributed by atoms with Gasteiger partial charge >= 0.3 is 6.09 Å². The van der Waals surface area contributed by atoms with Crippen LogP contribution >= 0.6 is 0 Å². The summed E-state index contributed by atoms with van der Waals surface area (Å²) in [6.07, 6.45) is 1.86. The number of carbonyl (C=O) groups excluding carboxylic acids is 3. The summed E-state index contributed by atoms with van der Waals surface area (Å²) in [5.74, 6) is -0.543. The monoisotopic (exact) mass is 419 g/mol. The van der Waals surface area contributed by atoms with Crippen LogP contribution in [0.1, 0.15) is 71.0 Å². The van der Waals surface area contributed by atoms with E-state index in [9.17, 15) is 14.4 Å². The normalized spacial score (nSPS) is 12.1. The number of alkyl carbamates (subject to hydrolysis) is 1. The molecule has 0 saturated carbocycles. The molecule has 0 aliphatic carbocycles. The number of carbonyl (C=O) groups is 3. The van der Waals surface area contributed by atoms with E-state index in [1.165, 1.54) is 0 Å². The molecule has 0 aliphatic heterocycles. The lowest BCUT2D eigenvalue weighted by molar-refractivity contribution is -0.140. The molecule has 1 unspecified atom stereocenters. The molecule has 0 heterocycles. The van der Waals surface area contributed by atoms with Gasteiger partial charge in [0, 0.05) is 13.1 Å². The van der Waals surface area contributed by atoms with E-state index in [4.69, 9.17) is 4.74 Å². The van der Waals surface area contributed by atoms with Crippen molar-refractivity contribution in [3.63, 3.8) is 0 Å². The maximum atomic E-state index is 13.1. The molecule has 3 amide bonds. The number of nitrogens with zero attached hydrogens (tertiary/aromatic N) is 1. The Bertz CT molecular complexity index is 713. The summed E-state index contributed by atoms with van der Waals surface area (Å²) in [7, 11) is 0. The molecule has 168 valence electrons. The Balaban J connectivity index is 3.08. The van der Waals surface area contributed by atoms with Gasteiger partial charge < -0.3 is 20.3 Å². The second kappa shape index (κ2) is 12.2. The number of nitrogens with one attached hydrogen (secondary N) is 2. The second-order valence-electron chi connectivity index (χ2n) is 8.35. The van der Waals surface area contributed by atoms with Crippen LogP contribution in [0.25, 0.3) is 0 Å². The first-order valence-electron chi connectivity index (χ1n) is 10.7. The van der Waals surface area contributed by atoms with Crippen molar-refractivity contribution in [1.82, 2.24) is 15.5 Å². The van der Waals surface area contributed by atoms with Crippen molar-refractivity contribution in [2.45, 2.75) is 72.4 Å². The van der Waals surface area contributed by atoms with Gasteiger partial charge in [0.15, 0.2) is 0 Å². The second-order valence-corrected chi connectivity index (χ2v) is 8.35. The summed E-state index contributed by atoms with van der Waals surface area (Å²) in [4.78, 5) is 39.6. The molecule has 0 spiro atoms. The number of amides is 3. The predicted octanol–water partition coefficient (Wildman–Crippen LogP) is 3.72. The van der Waals surface area contributed by atoms with E-state index in [1.54, 1.807) is 25.7 Å². The van der Waals surface area contributed by atoms with Crippen LogP contribution in [0.5, 0.6) is 0 Å². The smallest absolute Gasteiger partial charge is 0.408 e. The van der Waals surface area contributed by atoms with Gasteiger partial charge in [0.1, 0.15) is 18.2 Å². The van der Waals surface area contributed by atoms with Crippen molar-refractivity contribution in [3.05, 3.63) is 35.4 Å². The Kier molecular flexibility index (Phi) is 10.4. The van der Waals surface area contributed by atoms with Crippen LogP contribution in [-0.4, -0.2) is 48.0 Å². The molecular formula is C23H37N3O4. The average Bonchev–Trinajstić information content (AvgIpc) is 2.66. The zero-order valence-corrected chi connectivity index (χ0v) is 19.2. The fourth-order valence-electron chi connectivity index (χ4n) is 3.03. The summed E-state index contributed by atoms with van der Waals surface area (Å²) in [5.41, 5.74) is 1.06. The quantitative estimate of drug-likeness (QED) is 0.566. The van der Waals surface area contributed by atoms with Gasteiger partial charge in [-0.25, -0.2) is 4.79 Å². The SMILES string of the molecule is CCCCNC(=O)C(c1ccccc1C)N(CCC)C(=O)CNC(=O)OC(C)(C)C. The van der Waals surface area contributed by atoms with Crippen LogP contribution in [0.4, 0.5) is 4.79 Å². The number of hydrogen-bond donors (Lipinski definition) is 2. The molecule has 30 heavy (non-hydrogen) atoms. The highest BCUT2D eigenvalue weighted by atomic mass is 16.6. The van der Waals surface area contributed by atoms with Crippen molar-refractivity contribution in [2.24, 2.45) is 0 Å². The summed E-state index contributed by atoms with van der Waals surface area (Å²) in [6.45, 7) is 11.9. The topological polar surface area (TPSA) is 87.7 Å². The largest absolute Gasteiger partial charge is 0.444 e. The molecule has 0 bridgehead atoms. The maximum Gasteiger partial charge on any atom is 0.408 e. The fraction of sp³-hybridized carbons (Fsp3) is 0.609. The van der Waals surface area contributed by atoms with Gasteiger partial charge in [-0.15, -0.1) is 0 Å². The van der Waals surface area contributed by atoms with E-state index in [2.05, 4.69) is 17.6 Å². The van der Waals surface area contributed by atoms with Crippen LogP contribution < -0.4 is 10.6 Å². The highest BCUT2D eigenvalue weighted by Crippen LogP contribution is 2.25.